The third kappa shape index (κ3) is 3.06. The Morgan fingerprint density at radius 2 is 2.12 bits per heavy atom. The maximum Gasteiger partial charge on any atom is 0.157 e. The Labute approximate surface area is 159 Å². The van der Waals surface area contributed by atoms with Gasteiger partial charge in [-0.1, -0.05) is 0 Å². The molecule has 1 aliphatic heterocycles. The number of morpholine rings is 1. The summed E-state index contributed by atoms with van der Waals surface area (Å²) in [5.41, 5.74) is 1.38. The Kier molecular flexibility index (Phi) is 4.59. The number of aromatic nitrogens is 2. The van der Waals surface area contributed by atoms with E-state index in [1.165, 1.54) is 0 Å². The van der Waals surface area contributed by atoms with Crippen LogP contribution in [0.1, 0.15) is 18.4 Å². The molecule has 136 valence electrons. The van der Waals surface area contributed by atoms with Crippen molar-refractivity contribution in [2.75, 3.05) is 31.2 Å². The van der Waals surface area contributed by atoms with Crippen LogP contribution in [0.3, 0.4) is 0 Å². The largest absolute Gasteiger partial charge is 0.489 e. The summed E-state index contributed by atoms with van der Waals surface area (Å²) in [7, 11) is 1.73. The standard InChI is InChI=1S/C18H18BrFN4O2/c1-23-18(13(19)10-22-23)16-12(9-21)15(26-11-2-3-11)8-14(17(16)20)24-4-6-25-7-5-24/h8,10-11H,2-7H2,1H3. The van der Waals surface area contributed by atoms with Crippen LogP contribution in [0.2, 0.25) is 0 Å². The van der Waals surface area contributed by atoms with E-state index in [0.717, 1.165) is 12.8 Å². The predicted molar refractivity (Wildman–Crippen MR) is 97.7 cm³/mol. The molecule has 2 aliphatic rings. The molecule has 6 nitrogen and oxygen atoms in total. The fourth-order valence-corrected chi connectivity index (χ4v) is 3.69. The minimum absolute atomic E-state index is 0.105. The monoisotopic (exact) mass is 420 g/mol. The minimum atomic E-state index is -0.434. The van der Waals surface area contributed by atoms with Crippen molar-refractivity contribution < 1.29 is 13.9 Å². The van der Waals surface area contributed by atoms with E-state index in [1.807, 2.05) is 4.90 Å². The lowest BCUT2D eigenvalue weighted by Gasteiger charge is -2.30. The van der Waals surface area contributed by atoms with Crippen molar-refractivity contribution in [1.82, 2.24) is 9.78 Å². The molecular formula is C18H18BrFN4O2. The molecule has 1 saturated heterocycles. The van der Waals surface area contributed by atoms with Gasteiger partial charge in [-0.25, -0.2) is 4.39 Å². The van der Waals surface area contributed by atoms with E-state index in [1.54, 1.807) is 24.0 Å². The molecule has 0 unspecified atom stereocenters. The normalized spacial score (nSPS) is 17.2. The number of halogens is 2. The lowest BCUT2D eigenvalue weighted by atomic mass is 10.0. The molecule has 8 heteroatoms. The van der Waals surface area contributed by atoms with Gasteiger partial charge in [0, 0.05) is 26.2 Å². The molecule has 26 heavy (non-hydrogen) atoms. The topological polar surface area (TPSA) is 63.3 Å². The highest BCUT2D eigenvalue weighted by atomic mass is 79.9. The number of hydrogen-bond acceptors (Lipinski definition) is 5. The van der Waals surface area contributed by atoms with Gasteiger partial charge in [0.15, 0.2) is 5.82 Å². The molecule has 0 N–H and O–H groups in total. The minimum Gasteiger partial charge on any atom is -0.489 e. The van der Waals surface area contributed by atoms with Gasteiger partial charge in [-0.3, -0.25) is 4.68 Å². The van der Waals surface area contributed by atoms with E-state index >= 15 is 4.39 Å². The summed E-state index contributed by atoms with van der Waals surface area (Å²) in [5, 5.41) is 13.9. The average molecular weight is 421 g/mol. The molecule has 1 aromatic heterocycles. The first-order chi connectivity index (χ1) is 12.6. The second-order valence-corrected chi connectivity index (χ2v) is 7.31. The lowest BCUT2D eigenvalue weighted by Crippen LogP contribution is -2.37. The molecule has 0 atom stereocenters. The molecule has 4 rings (SSSR count). The van der Waals surface area contributed by atoms with Gasteiger partial charge in [-0.2, -0.15) is 10.4 Å². The molecule has 1 aromatic carbocycles. The Balaban J connectivity index is 1.93. The summed E-state index contributed by atoms with van der Waals surface area (Å²) >= 11 is 3.43. The molecule has 2 aromatic rings. The van der Waals surface area contributed by atoms with E-state index in [0.29, 0.717) is 47.9 Å². The molecule has 0 bridgehead atoms. The zero-order chi connectivity index (χ0) is 18.3. The lowest BCUT2D eigenvalue weighted by molar-refractivity contribution is 0.122. The molecule has 1 saturated carbocycles. The molecule has 0 amide bonds. The molecular weight excluding hydrogens is 403 g/mol. The van der Waals surface area contributed by atoms with Crippen LogP contribution in [0.5, 0.6) is 5.75 Å². The first-order valence-electron chi connectivity index (χ1n) is 8.54. The van der Waals surface area contributed by atoms with E-state index in [-0.39, 0.29) is 17.2 Å². The van der Waals surface area contributed by atoms with E-state index in [9.17, 15) is 5.26 Å². The summed E-state index contributed by atoms with van der Waals surface area (Å²) in [6.07, 6.45) is 3.62. The van der Waals surface area contributed by atoms with Gasteiger partial charge in [-0.05, 0) is 28.8 Å². The Morgan fingerprint density at radius 1 is 1.38 bits per heavy atom. The van der Waals surface area contributed by atoms with Crippen LogP contribution in [0, 0.1) is 17.1 Å². The predicted octanol–water partition coefficient (Wildman–Crippen LogP) is 3.24. The number of anilines is 1. The Hall–Kier alpha value is -2.11. The highest BCUT2D eigenvalue weighted by Crippen LogP contribution is 2.42. The van der Waals surface area contributed by atoms with Crippen LogP contribution in [-0.4, -0.2) is 42.2 Å². The van der Waals surface area contributed by atoms with Gasteiger partial charge >= 0.3 is 0 Å². The zero-order valence-electron chi connectivity index (χ0n) is 14.3. The maximum atomic E-state index is 15.6. The summed E-state index contributed by atoms with van der Waals surface area (Å²) in [5.74, 6) is -0.00288. The quantitative estimate of drug-likeness (QED) is 0.759. The van der Waals surface area contributed by atoms with Crippen LogP contribution in [0.15, 0.2) is 16.7 Å². The molecule has 2 fully saturated rings. The van der Waals surface area contributed by atoms with Crippen LogP contribution < -0.4 is 9.64 Å². The van der Waals surface area contributed by atoms with Crippen molar-refractivity contribution in [3.05, 3.63) is 28.1 Å². The van der Waals surface area contributed by atoms with Crippen LogP contribution in [-0.2, 0) is 11.8 Å². The summed E-state index contributed by atoms with van der Waals surface area (Å²) < 4.78 is 29.1. The highest BCUT2D eigenvalue weighted by molar-refractivity contribution is 9.10. The number of nitrogens with zero attached hydrogens (tertiary/aromatic N) is 4. The van der Waals surface area contributed by atoms with Crippen LogP contribution in [0.25, 0.3) is 11.3 Å². The Bertz CT molecular complexity index is 863. The third-order valence-electron chi connectivity index (χ3n) is 4.62. The van der Waals surface area contributed by atoms with Crippen molar-refractivity contribution in [1.29, 1.82) is 5.26 Å². The highest BCUT2D eigenvalue weighted by Gasteiger charge is 2.31. The van der Waals surface area contributed by atoms with Crippen molar-refractivity contribution in [3.8, 4) is 23.1 Å². The summed E-state index contributed by atoms with van der Waals surface area (Å²) in [6.45, 7) is 2.28. The van der Waals surface area contributed by atoms with Crippen LogP contribution in [0.4, 0.5) is 10.1 Å². The molecule has 0 radical (unpaired) electrons. The third-order valence-corrected chi connectivity index (χ3v) is 5.20. The first-order valence-corrected chi connectivity index (χ1v) is 9.33. The fourth-order valence-electron chi connectivity index (χ4n) is 3.14. The smallest absolute Gasteiger partial charge is 0.157 e. The van der Waals surface area contributed by atoms with Gasteiger partial charge in [0.25, 0.3) is 0 Å². The number of rotatable bonds is 4. The molecule has 2 heterocycles. The van der Waals surface area contributed by atoms with E-state index < -0.39 is 5.82 Å². The van der Waals surface area contributed by atoms with Crippen molar-refractivity contribution >= 4 is 21.6 Å². The van der Waals surface area contributed by atoms with Crippen molar-refractivity contribution in [2.45, 2.75) is 18.9 Å². The number of hydrogen-bond donors (Lipinski definition) is 0. The number of benzene rings is 1. The van der Waals surface area contributed by atoms with E-state index in [4.69, 9.17) is 9.47 Å². The first kappa shape index (κ1) is 17.3. The van der Waals surface area contributed by atoms with Crippen molar-refractivity contribution in [3.63, 3.8) is 0 Å². The Morgan fingerprint density at radius 3 is 2.69 bits per heavy atom. The second kappa shape index (κ2) is 6.89. The number of nitriles is 1. The van der Waals surface area contributed by atoms with Gasteiger partial charge in [0.1, 0.15) is 17.4 Å². The fraction of sp³-hybridized carbons (Fsp3) is 0.444. The number of aryl methyl sites for hydroxylation is 1. The number of ether oxygens (including phenoxy) is 2. The van der Waals surface area contributed by atoms with Crippen molar-refractivity contribution in [2.24, 2.45) is 7.05 Å². The average Bonchev–Trinajstić information content (AvgIpc) is 3.41. The SMILES string of the molecule is Cn1ncc(Br)c1-c1c(F)c(N2CCOCC2)cc(OC2CC2)c1C#N. The van der Waals surface area contributed by atoms with E-state index in [2.05, 4.69) is 27.1 Å². The van der Waals surface area contributed by atoms with Gasteiger partial charge in [-0.15, -0.1) is 0 Å². The van der Waals surface area contributed by atoms with Gasteiger partial charge in [0.2, 0.25) is 0 Å². The summed E-state index contributed by atoms with van der Waals surface area (Å²) in [6, 6.07) is 3.80. The summed E-state index contributed by atoms with van der Waals surface area (Å²) in [4.78, 5) is 1.94. The molecule has 0 spiro atoms. The maximum absolute atomic E-state index is 15.6. The second-order valence-electron chi connectivity index (χ2n) is 6.45. The van der Waals surface area contributed by atoms with Crippen LogP contribution >= 0.6 is 15.9 Å². The zero-order valence-corrected chi connectivity index (χ0v) is 15.9. The van der Waals surface area contributed by atoms with Gasteiger partial charge < -0.3 is 14.4 Å². The van der Waals surface area contributed by atoms with Gasteiger partial charge in [0.05, 0.1) is 46.9 Å². The molecule has 1 aliphatic carbocycles.